The minimum Gasteiger partial charge on any atom is -0.287 e. The van der Waals surface area contributed by atoms with Crippen molar-refractivity contribution in [3.8, 4) is 12.1 Å². The minimum absolute atomic E-state index is 0.0677. The second-order valence-electron chi connectivity index (χ2n) is 4.68. The summed E-state index contributed by atoms with van der Waals surface area (Å²) in [6, 6.07) is 10.0. The molecule has 0 aliphatic heterocycles. The summed E-state index contributed by atoms with van der Waals surface area (Å²) in [5.74, 6) is -0.0677. The third-order valence-electron chi connectivity index (χ3n) is 2.97. The molecule has 0 fully saturated rings. The van der Waals surface area contributed by atoms with E-state index in [1.54, 1.807) is 17.0 Å². The van der Waals surface area contributed by atoms with Crippen LogP contribution in [0.25, 0.3) is 0 Å². The first-order valence-corrected chi connectivity index (χ1v) is 7.90. The van der Waals surface area contributed by atoms with Gasteiger partial charge < -0.3 is 0 Å². The molecule has 0 atom stereocenters. The lowest BCUT2D eigenvalue weighted by Crippen LogP contribution is -2.35. The molecule has 1 rings (SSSR count). The molecule has 0 saturated carbocycles. The molecule has 1 aromatic carbocycles. The number of rotatable bonds is 6. The highest BCUT2D eigenvalue weighted by atomic mass is 32.2. The second kappa shape index (κ2) is 7.04. The van der Waals surface area contributed by atoms with E-state index < -0.39 is 9.84 Å². The molecule has 0 radical (unpaired) electrons. The maximum absolute atomic E-state index is 12.2. The van der Waals surface area contributed by atoms with E-state index in [2.05, 4.69) is 0 Å². The standard InChI is InChI=1S/C14H17N3O2S/c1-12(2)17(7-6-15)8-9-20(18,19)14-5-3-4-13(10-14)11-16/h3-5,10,12H,7-9H2,1-2H3. The fourth-order valence-electron chi connectivity index (χ4n) is 1.73. The third kappa shape index (κ3) is 4.34. The van der Waals surface area contributed by atoms with Crippen molar-refractivity contribution < 1.29 is 8.42 Å². The summed E-state index contributed by atoms with van der Waals surface area (Å²) in [4.78, 5) is 1.95. The van der Waals surface area contributed by atoms with Crippen molar-refractivity contribution in [3.63, 3.8) is 0 Å². The molecule has 0 aliphatic carbocycles. The molecule has 6 heteroatoms. The summed E-state index contributed by atoms with van der Waals surface area (Å²) in [5, 5.41) is 17.5. The molecule has 0 heterocycles. The summed E-state index contributed by atoms with van der Waals surface area (Å²) >= 11 is 0. The van der Waals surface area contributed by atoms with Crippen LogP contribution in [0, 0.1) is 22.7 Å². The minimum atomic E-state index is -3.44. The second-order valence-corrected chi connectivity index (χ2v) is 6.79. The fourth-order valence-corrected chi connectivity index (χ4v) is 3.03. The van der Waals surface area contributed by atoms with Gasteiger partial charge in [0.15, 0.2) is 9.84 Å². The zero-order chi connectivity index (χ0) is 15.2. The van der Waals surface area contributed by atoms with Crippen molar-refractivity contribution in [1.29, 1.82) is 10.5 Å². The Bertz CT molecular complexity index is 639. The SMILES string of the molecule is CC(C)N(CC#N)CCS(=O)(=O)c1cccc(C#N)c1. The van der Waals surface area contributed by atoms with Gasteiger partial charge in [0, 0.05) is 12.6 Å². The third-order valence-corrected chi connectivity index (χ3v) is 4.67. The summed E-state index contributed by atoms with van der Waals surface area (Å²) in [6.45, 7) is 4.33. The van der Waals surface area contributed by atoms with E-state index >= 15 is 0 Å². The molecule has 0 spiro atoms. The Morgan fingerprint density at radius 3 is 2.55 bits per heavy atom. The number of nitriles is 2. The predicted octanol–water partition coefficient (Wildman–Crippen LogP) is 1.57. The Labute approximate surface area is 120 Å². The molecule has 1 aromatic rings. The van der Waals surface area contributed by atoms with Crippen LogP contribution in [0.15, 0.2) is 29.2 Å². The maximum Gasteiger partial charge on any atom is 0.179 e. The van der Waals surface area contributed by atoms with E-state index in [1.165, 1.54) is 12.1 Å². The summed E-state index contributed by atoms with van der Waals surface area (Å²) in [6.07, 6.45) is 0. The Morgan fingerprint density at radius 1 is 1.30 bits per heavy atom. The highest BCUT2D eigenvalue weighted by Crippen LogP contribution is 2.13. The zero-order valence-electron chi connectivity index (χ0n) is 11.6. The van der Waals surface area contributed by atoms with Gasteiger partial charge >= 0.3 is 0 Å². The number of nitrogens with zero attached hydrogens (tertiary/aromatic N) is 3. The summed E-state index contributed by atoms with van der Waals surface area (Å²) < 4.78 is 24.4. The van der Waals surface area contributed by atoms with E-state index in [0.717, 1.165) is 0 Å². The number of sulfone groups is 1. The zero-order valence-corrected chi connectivity index (χ0v) is 12.4. The van der Waals surface area contributed by atoms with Gasteiger partial charge in [0.1, 0.15) is 0 Å². The first-order valence-electron chi connectivity index (χ1n) is 6.24. The largest absolute Gasteiger partial charge is 0.287 e. The number of hydrogen-bond acceptors (Lipinski definition) is 5. The Hall–Kier alpha value is -1.89. The lowest BCUT2D eigenvalue weighted by molar-refractivity contribution is 0.263. The number of hydrogen-bond donors (Lipinski definition) is 0. The van der Waals surface area contributed by atoms with Crippen molar-refractivity contribution >= 4 is 9.84 Å². The topological polar surface area (TPSA) is 85.0 Å². The fraction of sp³-hybridized carbons (Fsp3) is 0.429. The van der Waals surface area contributed by atoms with Crippen LogP contribution in [0.3, 0.4) is 0 Å². The Kier molecular flexibility index (Phi) is 5.69. The lowest BCUT2D eigenvalue weighted by Gasteiger charge is -2.23. The first kappa shape index (κ1) is 16.2. The predicted molar refractivity (Wildman–Crippen MR) is 75.5 cm³/mol. The molecular weight excluding hydrogens is 274 g/mol. The normalized spacial score (nSPS) is 11.3. The van der Waals surface area contributed by atoms with Crippen LogP contribution in [-0.4, -0.2) is 38.2 Å². The average molecular weight is 291 g/mol. The van der Waals surface area contributed by atoms with Crippen LogP contribution < -0.4 is 0 Å². The molecule has 5 nitrogen and oxygen atoms in total. The highest BCUT2D eigenvalue weighted by molar-refractivity contribution is 7.91. The van der Waals surface area contributed by atoms with Crippen LogP contribution in [-0.2, 0) is 9.84 Å². The Balaban J connectivity index is 2.85. The van der Waals surface area contributed by atoms with Crippen LogP contribution in [0.5, 0.6) is 0 Å². The molecular formula is C14H17N3O2S. The molecule has 0 saturated heterocycles. The van der Waals surface area contributed by atoms with Crippen molar-refractivity contribution in [1.82, 2.24) is 4.90 Å². The van der Waals surface area contributed by atoms with Gasteiger partial charge in [-0.3, -0.25) is 4.90 Å². The molecule has 0 unspecified atom stereocenters. The lowest BCUT2D eigenvalue weighted by atomic mass is 10.2. The quantitative estimate of drug-likeness (QED) is 0.743. The highest BCUT2D eigenvalue weighted by Gasteiger charge is 2.18. The molecule has 20 heavy (non-hydrogen) atoms. The molecule has 0 aliphatic rings. The van der Waals surface area contributed by atoms with Gasteiger partial charge in [-0.1, -0.05) is 6.07 Å². The van der Waals surface area contributed by atoms with Gasteiger partial charge in [-0.05, 0) is 32.0 Å². The maximum atomic E-state index is 12.2. The summed E-state index contributed by atoms with van der Waals surface area (Å²) in [7, 11) is -3.44. The van der Waals surface area contributed by atoms with E-state index in [1.807, 2.05) is 26.0 Å². The molecule has 0 N–H and O–H groups in total. The smallest absolute Gasteiger partial charge is 0.179 e. The summed E-state index contributed by atoms with van der Waals surface area (Å²) in [5.41, 5.74) is 0.323. The molecule has 0 amide bonds. The Morgan fingerprint density at radius 2 is 2.00 bits per heavy atom. The van der Waals surface area contributed by atoms with Gasteiger partial charge in [-0.2, -0.15) is 10.5 Å². The molecule has 0 aromatic heterocycles. The van der Waals surface area contributed by atoms with E-state index in [9.17, 15) is 8.42 Å². The van der Waals surface area contributed by atoms with Crippen LogP contribution >= 0.6 is 0 Å². The van der Waals surface area contributed by atoms with Crippen molar-refractivity contribution in [2.24, 2.45) is 0 Å². The van der Waals surface area contributed by atoms with Gasteiger partial charge in [-0.25, -0.2) is 8.42 Å². The van der Waals surface area contributed by atoms with Crippen molar-refractivity contribution in [3.05, 3.63) is 29.8 Å². The van der Waals surface area contributed by atoms with Gasteiger partial charge in [0.2, 0.25) is 0 Å². The van der Waals surface area contributed by atoms with E-state index in [4.69, 9.17) is 10.5 Å². The van der Waals surface area contributed by atoms with Crippen molar-refractivity contribution in [2.75, 3.05) is 18.8 Å². The van der Waals surface area contributed by atoms with Gasteiger partial charge in [-0.15, -0.1) is 0 Å². The number of benzene rings is 1. The molecule has 106 valence electrons. The first-order chi connectivity index (χ1) is 9.40. The van der Waals surface area contributed by atoms with Crippen LogP contribution in [0.1, 0.15) is 19.4 Å². The monoisotopic (exact) mass is 291 g/mol. The van der Waals surface area contributed by atoms with Crippen LogP contribution in [0.4, 0.5) is 0 Å². The molecule has 0 bridgehead atoms. The van der Waals surface area contributed by atoms with Crippen LogP contribution in [0.2, 0.25) is 0 Å². The average Bonchev–Trinajstić information content (AvgIpc) is 2.43. The van der Waals surface area contributed by atoms with Crippen molar-refractivity contribution in [2.45, 2.75) is 24.8 Å². The van der Waals surface area contributed by atoms with Gasteiger partial charge in [0.25, 0.3) is 0 Å². The van der Waals surface area contributed by atoms with E-state index in [-0.39, 0.29) is 23.2 Å². The van der Waals surface area contributed by atoms with Gasteiger partial charge in [0.05, 0.1) is 34.9 Å². The van der Waals surface area contributed by atoms with E-state index in [0.29, 0.717) is 12.1 Å².